The van der Waals surface area contributed by atoms with Gasteiger partial charge in [-0.3, -0.25) is 9.59 Å². The van der Waals surface area contributed by atoms with E-state index < -0.39 is 23.8 Å². The smallest absolute Gasteiger partial charge is 0.408 e. The summed E-state index contributed by atoms with van der Waals surface area (Å²) < 4.78 is 5.49. The monoisotopic (exact) mass is 543 g/mol. The molecule has 0 bridgehead atoms. The van der Waals surface area contributed by atoms with Crippen LogP contribution in [-0.2, 0) is 20.7 Å². The highest BCUT2D eigenvalue weighted by atomic mass is 16.6. The summed E-state index contributed by atoms with van der Waals surface area (Å²) in [5, 5.41) is 5.81. The molecule has 0 heterocycles. The number of nitrogens with zero attached hydrogens (tertiary/aromatic N) is 1. The molecule has 3 amide bonds. The Labute approximate surface area is 237 Å². The van der Waals surface area contributed by atoms with Crippen molar-refractivity contribution in [3.8, 4) is 0 Å². The molecule has 3 aromatic carbocycles. The van der Waals surface area contributed by atoms with E-state index in [0.717, 1.165) is 22.3 Å². The summed E-state index contributed by atoms with van der Waals surface area (Å²) in [5.74, 6) is -0.702. The van der Waals surface area contributed by atoms with Gasteiger partial charge in [-0.1, -0.05) is 77.9 Å². The molecule has 0 aliphatic rings. The first-order valence-electron chi connectivity index (χ1n) is 13.7. The number of benzene rings is 3. The van der Waals surface area contributed by atoms with Gasteiger partial charge in [-0.05, 0) is 71.2 Å². The van der Waals surface area contributed by atoms with Crippen LogP contribution < -0.4 is 10.6 Å². The van der Waals surface area contributed by atoms with E-state index in [0.29, 0.717) is 11.3 Å². The number of anilines is 1. The molecule has 0 radical (unpaired) electrons. The first-order valence-corrected chi connectivity index (χ1v) is 13.7. The Balaban J connectivity index is 2.04. The van der Waals surface area contributed by atoms with Gasteiger partial charge in [-0.15, -0.1) is 0 Å². The van der Waals surface area contributed by atoms with Crippen LogP contribution in [0.25, 0.3) is 0 Å². The number of carbonyl (C=O) groups is 3. The lowest BCUT2D eigenvalue weighted by Gasteiger charge is -2.34. The highest BCUT2D eigenvalue weighted by Crippen LogP contribution is 2.27. The third kappa shape index (κ3) is 8.43. The number of aryl methyl sites for hydroxylation is 3. The second-order valence-corrected chi connectivity index (χ2v) is 11.1. The van der Waals surface area contributed by atoms with Crippen molar-refractivity contribution >= 4 is 23.6 Å². The maximum absolute atomic E-state index is 14.3. The largest absolute Gasteiger partial charge is 0.444 e. The van der Waals surface area contributed by atoms with E-state index in [1.165, 1.54) is 4.90 Å². The van der Waals surface area contributed by atoms with Crippen LogP contribution in [0.3, 0.4) is 0 Å². The van der Waals surface area contributed by atoms with E-state index >= 15 is 0 Å². The summed E-state index contributed by atoms with van der Waals surface area (Å²) in [7, 11) is 0. The van der Waals surface area contributed by atoms with Gasteiger partial charge >= 0.3 is 6.09 Å². The van der Waals surface area contributed by atoms with Crippen molar-refractivity contribution in [2.75, 3.05) is 11.9 Å². The maximum Gasteiger partial charge on any atom is 0.408 e. The summed E-state index contributed by atoms with van der Waals surface area (Å²) in [6, 6.07) is 21.0. The van der Waals surface area contributed by atoms with E-state index in [9.17, 15) is 14.4 Å². The lowest BCUT2D eigenvalue weighted by Crippen LogP contribution is -2.53. The Bertz CT molecular complexity index is 1310. The average Bonchev–Trinajstić information content (AvgIpc) is 2.86. The van der Waals surface area contributed by atoms with E-state index in [2.05, 4.69) is 10.6 Å². The number of hydrogen-bond donors (Lipinski definition) is 2. The molecular weight excluding hydrogens is 502 g/mol. The molecule has 0 saturated heterocycles. The molecule has 3 aromatic rings. The van der Waals surface area contributed by atoms with E-state index in [1.54, 1.807) is 20.8 Å². The molecular formula is C33H41N3O4. The minimum Gasteiger partial charge on any atom is -0.444 e. The van der Waals surface area contributed by atoms with Crippen LogP contribution in [0.5, 0.6) is 0 Å². The quantitative estimate of drug-likeness (QED) is 0.333. The molecule has 0 aromatic heterocycles. The van der Waals surface area contributed by atoms with Gasteiger partial charge in [0, 0.05) is 18.7 Å². The molecule has 2 unspecified atom stereocenters. The molecule has 7 nitrogen and oxygen atoms in total. The number of carbonyl (C=O) groups excluding carboxylic acids is 3. The number of rotatable bonds is 9. The van der Waals surface area contributed by atoms with E-state index in [-0.39, 0.29) is 24.8 Å². The third-order valence-corrected chi connectivity index (χ3v) is 6.42. The number of para-hydroxylation sites is 1. The average molecular weight is 544 g/mol. The van der Waals surface area contributed by atoms with Crippen LogP contribution in [0, 0.1) is 20.8 Å². The second-order valence-electron chi connectivity index (χ2n) is 11.1. The van der Waals surface area contributed by atoms with Crippen molar-refractivity contribution < 1.29 is 19.1 Å². The minimum absolute atomic E-state index is 0.244. The van der Waals surface area contributed by atoms with Crippen molar-refractivity contribution in [1.29, 1.82) is 0 Å². The Morgan fingerprint density at radius 1 is 0.875 bits per heavy atom. The zero-order valence-electron chi connectivity index (χ0n) is 24.6. The highest BCUT2D eigenvalue weighted by Gasteiger charge is 2.36. The predicted octanol–water partition coefficient (Wildman–Crippen LogP) is 6.28. The molecule has 0 fully saturated rings. The molecule has 0 aliphatic heterocycles. The minimum atomic E-state index is -0.947. The molecule has 2 atom stereocenters. The van der Waals surface area contributed by atoms with Crippen LogP contribution >= 0.6 is 0 Å². The first kappa shape index (κ1) is 30.4. The number of amides is 3. The number of hydrogen-bond acceptors (Lipinski definition) is 4. The van der Waals surface area contributed by atoms with Crippen molar-refractivity contribution in [2.45, 2.75) is 72.6 Å². The normalized spacial score (nSPS) is 12.7. The van der Waals surface area contributed by atoms with Gasteiger partial charge in [0.1, 0.15) is 17.7 Å². The van der Waals surface area contributed by atoms with Gasteiger partial charge in [-0.25, -0.2) is 4.79 Å². The fraction of sp³-hybridized carbons (Fsp3) is 0.364. The lowest BCUT2D eigenvalue weighted by molar-refractivity contribution is -0.140. The fourth-order valence-electron chi connectivity index (χ4n) is 4.72. The van der Waals surface area contributed by atoms with Crippen LogP contribution in [0.2, 0.25) is 0 Å². The number of likely N-dealkylation sites (N-methyl/N-ethyl adjacent to an activating group) is 1. The van der Waals surface area contributed by atoms with Gasteiger partial charge < -0.3 is 20.3 Å². The Morgan fingerprint density at radius 3 is 2.05 bits per heavy atom. The summed E-state index contributed by atoms with van der Waals surface area (Å²) in [4.78, 5) is 42.6. The van der Waals surface area contributed by atoms with Gasteiger partial charge in [-0.2, -0.15) is 0 Å². The van der Waals surface area contributed by atoms with Crippen molar-refractivity contribution in [1.82, 2.24) is 10.2 Å². The Kier molecular flexibility index (Phi) is 10.1. The molecule has 3 rings (SSSR count). The van der Waals surface area contributed by atoms with Crippen LogP contribution in [0.4, 0.5) is 10.5 Å². The Hall–Kier alpha value is -4.13. The highest BCUT2D eigenvalue weighted by molar-refractivity contribution is 5.99. The Morgan fingerprint density at radius 2 is 1.48 bits per heavy atom. The summed E-state index contributed by atoms with van der Waals surface area (Å²) in [6.45, 7) is 13.2. The maximum atomic E-state index is 14.3. The summed E-state index contributed by atoms with van der Waals surface area (Å²) in [5.41, 5.74) is 4.41. The zero-order valence-corrected chi connectivity index (χ0v) is 24.6. The van der Waals surface area contributed by atoms with E-state index in [1.807, 2.05) is 100 Å². The third-order valence-electron chi connectivity index (χ3n) is 6.42. The number of ether oxygens (including phenoxy) is 1. The first-order chi connectivity index (χ1) is 18.9. The molecule has 0 saturated carbocycles. The molecule has 212 valence electrons. The van der Waals surface area contributed by atoms with Crippen LogP contribution in [0.1, 0.15) is 61.6 Å². The predicted molar refractivity (Wildman–Crippen MR) is 159 cm³/mol. The topological polar surface area (TPSA) is 87.7 Å². The van der Waals surface area contributed by atoms with Crippen molar-refractivity contribution in [3.63, 3.8) is 0 Å². The molecule has 2 N–H and O–H groups in total. The van der Waals surface area contributed by atoms with E-state index in [4.69, 9.17) is 4.74 Å². The summed E-state index contributed by atoms with van der Waals surface area (Å²) in [6.07, 6.45) is -0.445. The standard InChI is InChI=1S/C33H41N3O4/c1-8-36(31(38)28(21-25-15-10-9-11-16-25)35-32(39)40-33(5,6)7)29(26-19-22(2)18-23(3)20-26)30(37)34-27-17-13-12-14-24(27)4/h9-20,28-29H,8,21H2,1-7H3,(H,34,37)(H,35,39). The zero-order chi connectivity index (χ0) is 29.4. The van der Waals surface area contributed by atoms with Gasteiger partial charge in [0.15, 0.2) is 0 Å². The van der Waals surface area contributed by atoms with Gasteiger partial charge in [0.05, 0.1) is 0 Å². The molecule has 0 aliphatic carbocycles. The van der Waals surface area contributed by atoms with Crippen LogP contribution in [-0.4, -0.2) is 41.0 Å². The number of nitrogens with one attached hydrogen (secondary N) is 2. The molecule has 0 spiro atoms. The molecule has 7 heteroatoms. The number of alkyl carbamates (subject to hydrolysis) is 1. The fourth-order valence-corrected chi connectivity index (χ4v) is 4.72. The van der Waals surface area contributed by atoms with Gasteiger partial charge in [0.2, 0.25) is 5.91 Å². The van der Waals surface area contributed by atoms with Crippen molar-refractivity contribution in [3.05, 3.63) is 101 Å². The lowest BCUT2D eigenvalue weighted by atomic mass is 9.97. The van der Waals surface area contributed by atoms with Gasteiger partial charge in [0.25, 0.3) is 5.91 Å². The summed E-state index contributed by atoms with van der Waals surface area (Å²) >= 11 is 0. The molecule has 40 heavy (non-hydrogen) atoms. The van der Waals surface area contributed by atoms with Crippen molar-refractivity contribution in [2.24, 2.45) is 0 Å². The van der Waals surface area contributed by atoms with Crippen LogP contribution in [0.15, 0.2) is 72.8 Å². The SMILES string of the molecule is CCN(C(=O)C(Cc1ccccc1)NC(=O)OC(C)(C)C)C(C(=O)Nc1ccccc1C)c1cc(C)cc(C)c1. The second kappa shape index (κ2) is 13.3.